The summed E-state index contributed by atoms with van der Waals surface area (Å²) in [5.41, 5.74) is -0.548. The van der Waals surface area contributed by atoms with Crippen LogP contribution >= 0.6 is 8.07 Å². The van der Waals surface area contributed by atoms with Gasteiger partial charge in [0, 0.05) is 10.6 Å². The van der Waals surface area contributed by atoms with Crippen molar-refractivity contribution in [2.45, 2.75) is 6.18 Å². The second-order valence-corrected chi connectivity index (χ2v) is 7.09. The Morgan fingerprint density at radius 2 is 1.08 bits per heavy atom. The first-order valence-corrected chi connectivity index (χ1v) is 8.73. The lowest BCUT2D eigenvalue weighted by molar-refractivity contribution is -0.136. The Morgan fingerprint density at radius 3 is 1.58 bits per heavy atom. The van der Waals surface area contributed by atoms with Gasteiger partial charge in [0.05, 0.1) is 19.3 Å². The van der Waals surface area contributed by atoms with Gasteiger partial charge >= 0.3 is 6.18 Å². The summed E-state index contributed by atoms with van der Waals surface area (Å²) in [6.45, 7) is 0. The molecule has 1 N–H and O–H groups in total. The minimum atomic E-state index is -4.39. The second-order valence-electron chi connectivity index (χ2n) is 5.16. The minimum absolute atomic E-state index is 0.101. The maximum absolute atomic E-state index is 13.3. The predicted molar refractivity (Wildman–Crippen MR) is 94.1 cm³/mol. The molecule has 0 bridgehead atoms. The molecule has 3 aromatic rings. The highest BCUT2D eigenvalue weighted by molar-refractivity contribution is 7.74. The van der Waals surface area contributed by atoms with E-state index in [2.05, 4.69) is 5.09 Å². The molecule has 0 saturated heterocycles. The molecule has 0 saturated carbocycles. The molecular formula is C19H15F3NP. The van der Waals surface area contributed by atoms with Gasteiger partial charge in [-0.15, -0.1) is 0 Å². The SMILES string of the molecule is FC(F)(F)c1ccccc1NP(c1ccccc1)c1ccccc1. The van der Waals surface area contributed by atoms with E-state index in [0.717, 1.165) is 16.7 Å². The van der Waals surface area contributed by atoms with E-state index in [9.17, 15) is 13.2 Å². The van der Waals surface area contributed by atoms with Crippen LogP contribution in [-0.2, 0) is 6.18 Å². The van der Waals surface area contributed by atoms with Crippen molar-refractivity contribution in [2.75, 3.05) is 5.09 Å². The molecule has 24 heavy (non-hydrogen) atoms. The number of halogens is 3. The van der Waals surface area contributed by atoms with E-state index < -0.39 is 19.8 Å². The maximum atomic E-state index is 13.3. The fraction of sp³-hybridized carbons (Fsp3) is 0.0526. The molecule has 122 valence electrons. The molecule has 5 heteroatoms. The highest BCUT2D eigenvalue weighted by atomic mass is 31.1. The molecule has 0 aliphatic rings. The average Bonchev–Trinajstić information content (AvgIpc) is 2.61. The van der Waals surface area contributed by atoms with Crippen molar-refractivity contribution < 1.29 is 13.2 Å². The average molecular weight is 345 g/mol. The van der Waals surface area contributed by atoms with Crippen LogP contribution in [0.1, 0.15) is 5.56 Å². The molecule has 0 fully saturated rings. The van der Waals surface area contributed by atoms with Crippen LogP contribution in [-0.4, -0.2) is 0 Å². The Labute approximate surface area is 140 Å². The molecule has 0 unspecified atom stereocenters. The lowest BCUT2D eigenvalue weighted by atomic mass is 10.2. The number of benzene rings is 3. The summed E-state index contributed by atoms with van der Waals surface area (Å²) in [5.74, 6) is 0. The first kappa shape index (κ1) is 16.5. The molecule has 3 rings (SSSR count). The van der Waals surface area contributed by atoms with Crippen LogP contribution in [0.2, 0.25) is 0 Å². The quantitative estimate of drug-likeness (QED) is 0.644. The van der Waals surface area contributed by atoms with Crippen LogP contribution in [0, 0.1) is 0 Å². The molecular weight excluding hydrogens is 330 g/mol. The first-order valence-electron chi connectivity index (χ1n) is 7.39. The molecule has 1 nitrogen and oxygen atoms in total. The third-order valence-corrected chi connectivity index (χ3v) is 5.59. The number of nitrogens with one attached hydrogen (secondary N) is 1. The van der Waals surface area contributed by atoms with Gasteiger partial charge in [-0.05, 0) is 12.1 Å². The van der Waals surface area contributed by atoms with Gasteiger partial charge < -0.3 is 5.09 Å². The summed E-state index contributed by atoms with van der Waals surface area (Å²) in [4.78, 5) is 0. The number of rotatable bonds is 4. The van der Waals surface area contributed by atoms with Crippen LogP contribution in [0.15, 0.2) is 84.9 Å². The van der Waals surface area contributed by atoms with Gasteiger partial charge in [0.25, 0.3) is 0 Å². The number of para-hydroxylation sites is 1. The first-order chi connectivity index (χ1) is 11.6. The van der Waals surface area contributed by atoms with Crippen LogP contribution in [0.4, 0.5) is 18.9 Å². The Bertz CT molecular complexity index is 749. The van der Waals surface area contributed by atoms with Crippen molar-refractivity contribution in [2.24, 2.45) is 0 Å². The Morgan fingerprint density at radius 1 is 0.625 bits per heavy atom. The Balaban J connectivity index is 2.03. The van der Waals surface area contributed by atoms with Crippen LogP contribution in [0.3, 0.4) is 0 Å². The van der Waals surface area contributed by atoms with E-state index in [-0.39, 0.29) is 5.69 Å². The minimum Gasteiger partial charge on any atom is -0.356 e. The molecule has 3 aromatic carbocycles. The summed E-state index contributed by atoms with van der Waals surface area (Å²) in [7, 11) is -1.14. The summed E-state index contributed by atoms with van der Waals surface area (Å²) < 4.78 is 39.8. The van der Waals surface area contributed by atoms with Crippen LogP contribution in [0.25, 0.3) is 0 Å². The van der Waals surface area contributed by atoms with Gasteiger partial charge in [-0.2, -0.15) is 13.2 Å². The number of alkyl halides is 3. The van der Waals surface area contributed by atoms with Crippen LogP contribution < -0.4 is 15.7 Å². The molecule has 0 aliphatic carbocycles. The predicted octanol–water partition coefficient (Wildman–Crippen LogP) is 5.17. The van der Waals surface area contributed by atoms with E-state index in [0.29, 0.717) is 0 Å². The summed E-state index contributed by atoms with van der Waals surface area (Å²) >= 11 is 0. The fourth-order valence-electron chi connectivity index (χ4n) is 2.38. The summed E-state index contributed by atoms with van der Waals surface area (Å²) in [6.07, 6.45) is -4.39. The van der Waals surface area contributed by atoms with E-state index in [1.807, 2.05) is 60.7 Å². The highest BCUT2D eigenvalue weighted by Crippen LogP contribution is 2.40. The standard InChI is InChI=1S/C19H15F3NP/c20-19(21,22)17-13-7-8-14-18(17)23-24(15-9-3-1-4-10-15)16-11-5-2-6-12-16/h1-14,23H. The molecule has 0 spiro atoms. The lowest BCUT2D eigenvalue weighted by Crippen LogP contribution is -2.18. The molecule has 0 aromatic heterocycles. The monoisotopic (exact) mass is 345 g/mol. The van der Waals surface area contributed by atoms with Gasteiger partial charge in [0.2, 0.25) is 0 Å². The number of anilines is 1. The fourth-order valence-corrected chi connectivity index (χ4v) is 4.31. The molecule has 0 amide bonds. The Hall–Kier alpha value is -2.32. The zero-order valence-electron chi connectivity index (χ0n) is 12.7. The molecule has 0 radical (unpaired) electrons. The van der Waals surface area contributed by atoms with Crippen molar-refractivity contribution in [3.8, 4) is 0 Å². The van der Waals surface area contributed by atoms with E-state index in [4.69, 9.17) is 0 Å². The lowest BCUT2D eigenvalue weighted by Gasteiger charge is -2.23. The number of hydrogen-bond acceptors (Lipinski definition) is 1. The largest absolute Gasteiger partial charge is 0.418 e. The van der Waals surface area contributed by atoms with Crippen LogP contribution in [0.5, 0.6) is 0 Å². The van der Waals surface area contributed by atoms with Crippen molar-refractivity contribution in [3.05, 3.63) is 90.5 Å². The second kappa shape index (κ2) is 7.06. The molecule has 0 aliphatic heterocycles. The van der Waals surface area contributed by atoms with Crippen molar-refractivity contribution in [1.29, 1.82) is 0 Å². The van der Waals surface area contributed by atoms with Gasteiger partial charge in [-0.3, -0.25) is 0 Å². The normalized spacial score (nSPS) is 11.5. The third kappa shape index (κ3) is 3.77. The van der Waals surface area contributed by atoms with Gasteiger partial charge in [0.15, 0.2) is 0 Å². The van der Waals surface area contributed by atoms with Crippen molar-refractivity contribution >= 4 is 24.4 Å². The van der Waals surface area contributed by atoms with E-state index in [1.165, 1.54) is 12.1 Å². The van der Waals surface area contributed by atoms with E-state index >= 15 is 0 Å². The van der Waals surface area contributed by atoms with Crippen molar-refractivity contribution in [3.63, 3.8) is 0 Å². The van der Waals surface area contributed by atoms with Gasteiger partial charge in [-0.25, -0.2) is 0 Å². The van der Waals surface area contributed by atoms with Gasteiger partial charge in [0.1, 0.15) is 0 Å². The van der Waals surface area contributed by atoms with Gasteiger partial charge in [-0.1, -0.05) is 72.8 Å². The summed E-state index contributed by atoms with van der Waals surface area (Å²) in [6, 6.07) is 24.7. The topological polar surface area (TPSA) is 12.0 Å². The smallest absolute Gasteiger partial charge is 0.356 e. The molecule has 0 atom stereocenters. The Kier molecular flexibility index (Phi) is 4.86. The number of hydrogen-bond donors (Lipinski definition) is 1. The van der Waals surface area contributed by atoms with E-state index in [1.54, 1.807) is 6.07 Å². The maximum Gasteiger partial charge on any atom is 0.418 e. The zero-order valence-corrected chi connectivity index (χ0v) is 13.6. The molecule has 0 heterocycles. The van der Waals surface area contributed by atoms with Crippen molar-refractivity contribution in [1.82, 2.24) is 0 Å². The highest BCUT2D eigenvalue weighted by Gasteiger charge is 2.33. The third-order valence-electron chi connectivity index (χ3n) is 3.49. The summed E-state index contributed by atoms with van der Waals surface area (Å²) in [5, 5.41) is 5.07. The zero-order chi connectivity index (χ0) is 17.0.